The van der Waals surface area contributed by atoms with Gasteiger partial charge in [0.1, 0.15) is 0 Å². The third-order valence-corrected chi connectivity index (χ3v) is 2.34. The summed E-state index contributed by atoms with van der Waals surface area (Å²) in [5, 5.41) is 9.61. The lowest BCUT2D eigenvalue weighted by molar-refractivity contribution is 0.0924. The smallest absolute Gasteiger partial charge is 0.0568 e. The predicted octanol–water partition coefficient (Wildman–Crippen LogP) is 2.79. The van der Waals surface area contributed by atoms with E-state index in [2.05, 4.69) is 20.8 Å². The molecule has 0 aliphatic rings. The lowest BCUT2D eigenvalue weighted by atomic mass is 9.93. The lowest BCUT2D eigenvalue weighted by Crippen LogP contribution is -2.18. The third kappa shape index (κ3) is 4.41. The van der Waals surface area contributed by atoms with E-state index in [4.69, 9.17) is 0 Å². The van der Waals surface area contributed by atoms with Gasteiger partial charge >= 0.3 is 0 Å². The summed E-state index contributed by atoms with van der Waals surface area (Å²) in [6.45, 7) is 8.04. The number of rotatable bonds is 6. The zero-order valence-electron chi connectivity index (χ0n) is 7.84. The van der Waals surface area contributed by atoms with Gasteiger partial charge in [-0.15, -0.1) is 0 Å². The average Bonchev–Trinajstić information content (AvgIpc) is 2.03. The highest BCUT2D eigenvalue weighted by molar-refractivity contribution is 4.66. The summed E-state index contributed by atoms with van der Waals surface area (Å²) < 4.78 is 0. The van der Waals surface area contributed by atoms with Crippen LogP contribution >= 0.6 is 0 Å². The zero-order valence-corrected chi connectivity index (χ0v) is 7.84. The van der Waals surface area contributed by atoms with Crippen LogP contribution in [0.2, 0.25) is 0 Å². The minimum Gasteiger partial charge on any atom is -0.393 e. The maximum Gasteiger partial charge on any atom is 0.0568 e. The van der Waals surface area contributed by atoms with E-state index in [-0.39, 0.29) is 6.10 Å². The molecule has 0 rings (SSSR count). The summed E-state index contributed by atoms with van der Waals surface area (Å²) in [5.74, 6) is 0.501. The zero-order chi connectivity index (χ0) is 8.69. The van der Waals surface area contributed by atoms with E-state index in [1.807, 2.05) is 0 Å². The average molecular weight is 157 g/mol. The fourth-order valence-corrected chi connectivity index (χ4v) is 1.42. The highest BCUT2D eigenvalue weighted by Gasteiger charge is 2.13. The molecule has 0 fully saturated rings. The Labute approximate surface area is 70.8 Å². The van der Waals surface area contributed by atoms with Crippen molar-refractivity contribution in [1.82, 2.24) is 0 Å². The Morgan fingerprint density at radius 1 is 1.27 bits per heavy atom. The fourth-order valence-electron chi connectivity index (χ4n) is 1.42. The van der Waals surface area contributed by atoms with E-state index in [0.717, 1.165) is 32.1 Å². The first kappa shape index (κ1) is 11.0. The molecule has 1 N–H and O–H groups in total. The first-order valence-corrected chi connectivity index (χ1v) is 4.73. The fraction of sp³-hybridized carbons (Fsp3) is 0.900. The molecule has 11 heavy (non-hydrogen) atoms. The van der Waals surface area contributed by atoms with Gasteiger partial charge in [0.2, 0.25) is 0 Å². The van der Waals surface area contributed by atoms with Gasteiger partial charge in [0.15, 0.2) is 0 Å². The van der Waals surface area contributed by atoms with E-state index in [0.29, 0.717) is 5.92 Å². The molecule has 67 valence electrons. The van der Waals surface area contributed by atoms with Gasteiger partial charge in [-0.1, -0.05) is 46.5 Å². The van der Waals surface area contributed by atoms with Crippen LogP contribution in [0.15, 0.2) is 0 Å². The van der Waals surface area contributed by atoms with Crippen LogP contribution in [0.5, 0.6) is 0 Å². The number of aliphatic hydroxyl groups excluding tert-OH is 1. The highest BCUT2D eigenvalue weighted by Crippen LogP contribution is 2.17. The lowest BCUT2D eigenvalue weighted by Gasteiger charge is -2.19. The molecule has 0 aromatic rings. The van der Waals surface area contributed by atoms with E-state index < -0.39 is 0 Å². The van der Waals surface area contributed by atoms with Crippen LogP contribution in [0.25, 0.3) is 0 Å². The van der Waals surface area contributed by atoms with Gasteiger partial charge in [0, 0.05) is 0 Å². The van der Waals surface area contributed by atoms with Crippen LogP contribution < -0.4 is 0 Å². The molecule has 1 unspecified atom stereocenters. The van der Waals surface area contributed by atoms with Crippen LogP contribution in [0.4, 0.5) is 0 Å². The molecule has 1 atom stereocenters. The highest BCUT2D eigenvalue weighted by atomic mass is 16.3. The van der Waals surface area contributed by atoms with Gasteiger partial charge in [-0.2, -0.15) is 0 Å². The van der Waals surface area contributed by atoms with Crippen LogP contribution in [-0.4, -0.2) is 11.2 Å². The van der Waals surface area contributed by atoms with E-state index >= 15 is 0 Å². The Morgan fingerprint density at radius 2 is 1.82 bits per heavy atom. The molecule has 1 nitrogen and oxygen atoms in total. The van der Waals surface area contributed by atoms with Gasteiger partial charge in [0.25, 0.3) is 0 Å². The standard InChI is InChI=1S/C10H21O/c1-4-7-8-10(11)9(5-2)6-3/h9-11H,1,4-8H2,2-3H3. The minimum absolute atomic E-state index is 0.0910. The largest absolute Gasteiger partial charge is 0.393 e. The van der Waals surface area contributed by atoms with Crippen molar-refractivity contribution in [2.75, 3.05) is 0 Å². The van der Waals surface area contributed by atoms with Crippen molar-refractivity contribution < 1.29 is 5.11 Å². The topological polar surface area (TPSA) is 20.2 Å². The summed E-state index contributed by atoms with van der Waals surface area (Å²) in [5.41, 5.74) is 0. The van der Waals surface area contributed by atoms with Crippen LogP contribution in [0.1, 0.15) is 46.0 Å². The van der Waals surface area contributed by atoms with E-state index in [9.17, 15) is 5.11 Å². The van der Waals surface area contributed by atoms with Crippen molar-refractivity contribution in [1.29, 1.82) is 0 Å². The molecule has 0 saturated heterocycles. The van der Waals surface area contributed by atoms with Crippen LogP contribution in [0.3, 0.4) is 0 Å². The van der Waals surface area contributed by atoms with Crippen molar-refractivity contribution >= 4 is 0 Å². The Hall–Kier alpha value is -0.0400. The quantitative estimate of drug-likeness (QED) is 0.628. The van der Waals surface area contributed by atoms with Crippen LogP contribution in [-0.2, 0) is 0 Å². The monoisotopic (exact) mass is 157 g/mol. The van der Waals surface area contributed by atoms with Crippen molar-refractivity contribution in [3.8, 4) is 0 Å². The molecular weight excluding hydrogens is 136 g/mol. The molecule has 1 radical (unpaired) electrons. The SMILES string of the molecule is [CH2]CCCC(O)C(CC)CC. The van der Waals surface area contributed by atoms with Crippen molar-refractivity contribution in [2.45, 2.75) is 52.1 Å². The van der Waals surface area contributed by atoms with Gasteiger partial charge in [0.05, 0.1) is 6.10 Å². The normalized spacial score (nSPS) is 13.9. The Bertz CT molecular complexity index is 76.9. The maximum absolute atomic E-state index is 9.61. The Kier molecular flexibility index (Phi) is 6.63. The number of aliphatic hydroxyl groups is 1. The summed E-state index contributed by atoms with van der Waals surface area (Å²) in [6, 6.07) is 0. The second kappa shape index (κ2) is 6.66. The molecular formula is C10H21O. The third-order valence-electron chi connectivity index (χ3n) is 2.34. The first-order valence-electron chi connectivity index (χ1n) is 4.73. The number of hydrogen-bond donors (Lipinski definition) is 1. The molecule has 0 aromatic heterocycles. The van der Waals surface area contributed by atoms with E-state index in [1.54, 1.807) is 0 Å². The molecule has 0 aliphatic carbocycles. The van der Waals surface area contributed by atoms with Gasteiger partial charge in [-0.05, 0) is 12.3 Å². The second-order valence-electron chi connectivity index (χ2n) is 3.14. The summed E-state index contributed by atoms with van der Waals surface area (Å²) in [4.78, 5) is 0. The van der Waals surface area contributed by atoms with Gasteiger partial charge in [-0.25, -0.2) is 0 Å². The number of unbranched alkanes of at least 4 members (excludes halogenated alkanes) is 1. The predicted molar refractivity (Wildman–Crippen MR) is 49.3 cm³/mol. The van der Waals surface area contributed by atoms with E-state index in [1.165, 1.54) is 0 Å². The van der Waals surface area contributed by atoms with Crippen LogP contribution in [0, 0.1) is 12.8 Å². The minimum atomic E-state index is -0.0910. The Morgan fingerprint density at radius 3 is 2.18 bits per heavy atom. The van der Waals surface area contributed by atoms with Crippen molar-refractivity contribution in [3.63, 3.8) is 0 Å². The number of hydrogen-bond acceptors (Lipinski definition) is 1. The molecule has 0 aromatic carbocycles. The summed E-state index contributed by atoms with van der Waals surface area (Å²) in [7, 11) is 0. The second-order valence-corrected chi connectivity index (χ2v) is 3.14. The van der Waals surface area contributed by atoms with Crippen molar-refractivity contribution in [3.05, 3.63) is 6.92 Å². The molecule has 0 amide bonds. The molecule has 1 heteroatoms. The Balaban J connectivity index is 3.51. The first-order chi connectivity index (χ1) is 5.26. The molecule has 0 bridgehead atoms. The maximum atomic E-state index is 9.61. The van der Waals surface area contributed by atoms with Crippen molar-refractivity contribution in [2.24, 2.45) is 5.92 Å². The molecule has 0 saturated carbocycles. The summed E-state index contributed by atoms with van der Waals surface area (Å²) >= 11 is 0. The van der Waals surface area contributed by atoms with Gasteiger partial charge < -0.3 is 5.11 Å². The van der Waals surface area contributed by atoms with Gasteiger partial charge in [-0.3, -0.25) is 0 Å². The molecule has 0 heterocycles. The molecule has 0 spiro atoms. The molecule has 0 aliphatic heterocycles. The summed E-state index contributed by atoms with van der Waals surface area (Å²) in [6.07, 6.45) is 5.01.